The van der Waals surface area contributed by atoms with Gasteiger partial charge in [0.1, 0.15) is 11.6 Å². The number of carbonyl (C=O) groups excluding carboxylic acids is 1. The lowest BCUT2D eigenvalue weighted by molar-refractivity contribution is 0.0760. The summed E-state index contributed by atoms with van der Waals surface area (Å²) >= 11 is 0. The highest BCUT2D eigenvalue weighted by Crippen LogP contribution is 2.22. The van der Waals surface area contributed by atoms with Gasteiger partial charge in [-0.05, 0) is 36.1 Å². The number of rotatable bonds is 1. The van der Waals surface area contributed by atoms with Gasteiger partial charge in [0.25, 0.3) is 5.91 Å². The number of hydrogen-bond donors (Lipinski definition) is 1. The molecule has 0 saturated carbocycles. The van der Waals surface area contributed by atoms with E-state index in [0.29, 0.717) is 13.1 Å². The number of nitrogens with zero attached hydrogens (tertiary/aromatic N) is 1. The second kappa shape index (κ2) is 5.56. The summed E-state index contributed by atoms with van der Waals surface area (Å²) in [6.07, 6.45) is 1.59. The molecule has 1 aliphatic rings. The lowest BCUT2D eigenvalue weighted by atomic mass is 10.0. The van der Waals surface area contributed by atoms with Crippen LogP contribution in [-0.2, 0) is 12.8 Å². The monoisotopic (exact) mass is 285 g/mol. The molecule has 0 fully saturated rings. The Kier molecular flexibility index (Phi) is 3.60. The number of phenolic OH excluding ortho intramolecular Hbond substituents is 1. The van der Waals surface area contributed by atoms with Gasteiger partial charge in [-0.15, -0.1) is 0 Å². The number of carbonyl (C=O) groups is 1. The van der Waals surface area contributed by atoms with Crippen LogP contribution in [0.1, 0.15) is 21.5 Å². The van der Waals surface area contributed by atoms with Gasteiger partial charge in [-0.1, -0.05) is 24.3 Å². The number of phenols is 1. The predicted molar refractivity (Wildman–Crippen MR) is 77.8 cm³/mol. The fourth-order valence-corrected chi connectivity index (χ4v) is 2.73. The molecule has 1 amide bonds. The Bertz CT molecular complexity index is 657. The van der Waals surface area contributed by atoms with Gasteiger partial charge < -0.3 is 10.0 Å². The second-order valence-electron chi connectivity index (χ2n) is 5.22. The summed E-state index contributed by atoms with van der Waals surface area (Å²) in [5.74, 6) is -1.10. The van der Waals surface area contributed by atoms with Crippen LogP contribution in [-0.4, -0.2) is 29.0 Å². The van der Waals surface area contributed by atoms with Crippen LogP contribution < -0.4 is 0 Å². The van der Waals surface area contributed by atoms with E-state index in [1.54, 1.807) is 4.90 Å². The van der Waals surface area contributed by atoms with Crippen LogP contribution >= 0.6 is 0 Å². The van der Waals surface area contributed by atoms with Gasteiger partial charge in [0, 0.05) is 19.2 Å². The van der Waals surface area contributed by atoms with Crippen LogP contribution in [0.2, 0.25) is 0 Å². The maximum atomic E-state index is 13.0. The van der Waals surface area contributed by atoms with Crippen molar-refractivity contribution in [1.29, 1.82) is 0 Å². The van der Waals surface area contributed by atoms with E-state index >= 15 is 0 Å². The molecule has 108 valence electrons. The predicted octanol–water partition coefficient (Wildman–Crippen LogP) is 2.77. The van der Waals surface area contributed by atoms with Gasteiger partial charge in [-0.2, -0.15) is 0 Å². The zero-order valence-electron chi connectivity index (χ0n) is 11.6. The van der Waals surface area contributed by atoms with E-state index in [-0.39, 0.29) is 17.2 Å². The zero-order chi connectivity index (χ0) is 14.8. The number of benzene rings is 2. The minimum Gasteiger partial charge on any atom is -0.507 e. The molecule has 2 aromatic rings. The molecule has 1 heterocycles. The van der Waals surface area contributed by atoms with Crippen molar-refractivity contribution in [2.75, 3.05) is 13.1 Å². The van der Waals surface area contributed by atoms with Gasteiger partial charge in [0.15, 0.2) is 0 Å². The molecule has 1 N–H and O–H groups in total. The first kappa shape index (κ1) is 13.6. The van der Waals surface area contributed by atoms with Crippen molar-refractivity contribution < 1.29 is 14.3 Å². The molecule has 4 heteroatoms. The number of fused-ring (bicyclic) bond motifs is 1. The van der Waals surface area contributed by atoms with Crippen molar-refractivity contribution in [3.63, 3.8) is 0 Å². The molecule has 21 heavy (non-hydrogen) atoms. The molecule has 2 aromatic carbocycles. The summed E-state index contributed by atoms with van der Waals surface area (Å²) in [5, 5.41) is 9.75. The average molecular weight is 285 g/mol. The third-order valence-electron chi connectivity index (χ3n) is 3.90. The molecular weight excluding hydrogens is 269 g/mol. The van der Waals surface area contributed by atoms with Crippen molar-refractivity contribution in [2.45, 2.75) is 12.8 Å². The van der Waals surface area contributed by atoms with E-state index in [2.05, 4.69) is 12.1 Å². The fourth-order valence-electron chi connectivity index (χ4n) is 2.73. The van der Waals surface area contributed by atoms with Crippen LogP contribution in [0, 0.1) is 5.82 Å². The topological polar surface area (TPSA) is 40.5 Å². The second-order valence-corrected chi connectivity index (χ2v) is 5.22. The highest BCUT2D eigenvalue weighted by Gasteiger charge is 2.21. The van der Waals surface area contributed by atoms with Gasteiger partial charge in [0.05, 0.1) is 5.56 Å². The molecule has 0 spiro atoms. The van der Waals surface area contributed by atoms with E-state index in [0.717, 1.165) is 18.9 Å². The minimum atomic E-state index is -0.549. The Labute approximate surface area is 122 Å². The maximum Gasteiger partial charge on any atom is 0.257 e. The lowest BCUT2D eigenvalue weighted by Crippen LogP contribution is -2.33. The molecule has 0 saturated heterocycles. The average Bonchev–Trinajstić information content (AvgIpc) is 2.69. The first-order valence-corrected chi connectivity index (χ1v) is 7.00. The molecule has 1 aliphatic heterocycles. The van der Waals surface area contributed by atoms with Crippen molar-refractivity contribution >= 4 is 5.91 Å². The van der Waals surface area contributed by atoms with Crippen LogP contribution in [0.25, 0.3) is 0 Å². The Morgan fingerprint density at radius 2 is 1.67 bits per heavy atom. The zero-order valence-corrected chi connectivity index (χ0v) is 11.6. The summed E-state index contributed by atoms with van der Waals surface area (Å²) in [5.41, 5.74) is 2.68. The van der Waals surface area contributed by atoms with Crippen molar-refractivity contribution in [1.82, 2.24) is 4.90 Å². The van der Waals surface area contributed by atoms with E-state index < -0.39 is 5.82 Å². The molecule has 0 aliphatic carbocycles. The fraction of sp³-hybridized carbons (Fsp3) is 0.235. The highest BCUT2D eigenvalue weighted by atomic mass is 19.1. The molecule has 0 unspecified atom stereocenters. The van der Waals surface area contributed by atoms with Gasteiger partial charge in [0.2, 0.25) is 0 Å². The summed E-state index contributed by atoms with van der Waals surface area (Å²) < 4.78 is 13.0. The molecule has 0 aromatic heterocycles. The highest BCUT2D eigenvalue weighted by molar-refractivity contribution is 5.96. The molecule has 3 rings (SSSR count). The molecular formula is C17H16FNO2. The Morgan fingerprint density at radius 3 is 2.24 bits per heavy atom. The smallest absolute Gasteiger partial charge is 0.257 e. The Morgan fingerprint density at radius 1 is 1.05 bits per heavy atom. The Balaban J connectivity index is 1.81. The summed E-state index contributed by atoms with van der Waals surface area (Å²) in [6, 6.07) is 11.7. The number of amides is 1. The van der Waals surface area contributed by atoms with Gasteiger partial charge >= 0.3 is 0 Å². The van der Waals surface area contributed by atoms with Crippen LogP contribution in [0.4, 0.5) is 4.39 Å². The molecule has 0 atom stereocenters. The first-order chi connectivity index (χ1) is 10.1. The standard InChI is InChI=1S/C17H16FNO2/c18-14-5-6-15(16(20)11-14)17(21)19-9-7-12-3-1-2-4-13(12)8-10-19/h1-6,11,20H,7-10H2. The first-order valence-electron chi connectivity index (χ1n) is 7.00. The molecule has 0 radical (unpaired) electrons. The van der Waals surface area contributed by atoms with Gasteiger partial charge in [-0.3, -0.25) is 4.79 Å². The van der Waals surface area contributed by atoms with Crippen LogP contribution in [0.15, 0.2) is 42.5 Å². The largest absolute Gasteiger partial charge is 0.507 e. The maximum absolute atomic E-state index is 13.0. The number of halogens is 1. The van der Waals surface area contributed by atoms with E-state index in [4.69, 9.17) is 0 Å². The number of aromatic hydroxyl groups is 1. The van der Waals surface area contributed by atoms with E-state index in [9.17, 15) is 14.3 Å². The van der Waals surface area contributed by atoms with Crippen molar-refractivity contribution in [3.05, 3.63) is 65.0 Å². The summed E-state index contributed by atoms with van der Waals surface area (Å²) in [6.45, 7) is 1.21. The molecule has 0 bridgehead atoms. The SMILES string of the molecule is O=C(c1ccc(F)cc1O)N1CCc2ccccc2CC1. The molecule has 3 nitrogen and oxygen atoms in total. The Hall–Kier alpha value is -2.36. The van der Waals surface area contributed by atoms with Crippen LogP contribution in [0.3, 0.4) is 0 Å². The van der Waals surface area contributed by atoms with E-state index in [1.807, 2.05) is 12.1 Å². The summed E-state index contributed by atoms with van der Waals surface area (Å²) in [4.78, 5) is 14.2. The van der Waals surface area contributed by atoms with Crippen molar-refractivity contribution in [3.8, 4) is 5.75 Å². The van der Waals surface area contributed by atoms with Gasteiger partial charge in [-0.25, -0.2) is 4.39 Å². The van der Waals surface area contributed by atoms with Crippen molar-refractivity contribution in [2.24, 2.45) is 0 Å². The van der Waals surface area contributed by atoms with E-state index in [1.165, 1.54) is 23.3 Å². The minimum absolute atomic E-state index is 0.155. The van der Waals surface area contributed by atoms with Crippen LogP contribution in [0.5, 0.6) is 5.75 Å². The third-order valence-corrected chi connectivity index (χ3v) is 3.90. The normalized spacial score (nSPS) is 14.4. The summed E-state index contributed by atoms with van der Waals surface area (Å²) in [7, 11) is 0. The third kappa shape index (κ3) is 2.75. The lowest BCUT2D eigenvalue weighted by Gasteiger charge is -2.20. The quantitative estimate of drug-likeness (QED) is 0.875. The number of hydrogen-bond acceptors (Lipinski definition) is 2.